The van der Waals surface area contributed by atoms with Gasteiger partial charge < -0.3 is 9.26 Å². The molecule has 2 saturated carbocycles. The lowest BCUT2D eigenvalue weighted by Crippen LogP contribution is -2.23. The second kappa shape index (κ2) is 6.72. The lowest BCUT2D eigenvalue weighted by Gasteiger charge is -2.20. The summed E-state index contributed by atoms with van der Waals surface area (Å²) in [6.07, 6.45) is 5.40. The Kier molecular flexibility index (Phi) is 4.68. The summed E-state index contributed by atoms with van der Waals surface area (Å²) in [5.41, 5.74) is 0.772. The van der Waals surface area contributed by atoms with E-state index in [4.69, 9.17) is 9.26 Å². The molecule has 0 unspecified atom stereocenters. The molecule has 1 amide bonds. The molecule has 3 rings (SSSR count). The zero-order chi connectivity index (χ0) is 16.4. The summed E-state index contributed by atoms with van der Waals surface area (Å²) < 4.78 is 10.1. The summed E-state index contributed by atoms with van der Waals surface area (Å²) in [7, 11) is 0. The minimum absolute atomic E-state index is 0.226. The van der Waals surface area contributed by atoms with Crippen LogP contribution in [0.25, 0.3) is 0 Å². The number of fused-ring (bicyclic) bond motifs is 2. The zero-order valence-electron chi connectivity index (χ0n) is 13.7. The predicted octanol–water partition coefficient (Wildman–Crippen LogP) is 3.11. The average Bonchev–Trinajstić information content (AvgIpc) is 3.21. The molecule has 0 radical (unpaired) electrons. The third-order valence-corrected chi connectivity index (χ3v) is 5.06. The summed E-state index contributed by atoms with van der Waals surface area (Å²) in [6, 6.07) is 1.68. The van der Waals surface area contributed by atoms with Crippen LogP contribution in [0.15, 0.2) is 10.6 Å². The topological polar surface area (TPSA) is 81.4 Å². The van der Waals surface area contributed by atoms with Crippen molar-refractivity contribution in [3.8, 4) is 0 Å². The number of hydrogen-bond acceptors (Lipinski definition) is 5. The normalized spacial score (nSPS) is 25.8. The molecular formula is C17H24N2O4. The number of esters is 1. The van der Waals surface area contributed by atoms with Crippen molar-refractivity contribution in [3.63, 3.8) is 0 Å². The van der Waals surface area contributed by atoms with E-state index >= 15 is 0 Å². The molecule has 0 aliphatic heterocycles. The SMILES string of the molecule is CC(C)c1cc(NC(=O)COC(=O)C[C@@H]2C[C@H]3CC[C@H]2C3)on1. The molecule has 6 heteroatoms. The smallest absolute Gasteiger partial charge is 0.306 e. The Labute approximate surface area is 135 Å². The molecule has 2 aliphatic carbocycles. The molecule has 1 N–H and O–H groups in total. The fraction of sp³-hybridized carbons (Fsp3) is 0.706. The zero-order valence-corrected chi connectivity index (χ0v) is 13.7. The van der Waals surface area contributed by atoms with Crippen molar-refractivity contribution in [2.24, 2.45) is 17.8 Å². The van der Waals surface area contributed by atoms with Crippen LogP contribution in [0, 0.1) is 17.8 Å². The van der Waals surface area contributed by atoms with Crippen molar-refractivity contribution in [3.05, 3.63) is 11.8 Å². The molecule has 2 aliphatic rings. The van der Waals surface area contributed by atoms with E-state index in [9.17, 15) is 9.59 Å². The van der Waals surface area contributed by atoms with Gasteiger partial charge in [-0.1, -0.05) is 25.4 Å². The number of anilines is 1. The number of nitrogens with zero attached hydrogens (tertiary/aromatic N) is 1. The van der Waals surface area contributed by atoms with Gasteiger partial charge >= 0.3 is 5.97 Å². The van der Waals surface area contributed by atoms with Gasteiger partial charge in [-0.2, -0.15) is 0 Å². The molecule has 1 aromatic rings. The summed E-state index contributed by atoms with van der Waals surface area (Å²) in [5, 5.41) is 6.40. The Morgan fingerprint density at radius 2 is 2.22 bits per heavy atom. The van der Waals surface area contributed by atoms with Crippen LogP contribution < -0.4 is 5.32 Å². The van der Waals surface area contributed by atoms with E-state index in [1.807, 2.05) is 13.8 Å². The lowest BCUT2D eigenvalue weighted by atomic mass is 9.86. The number of carbonyl (C=O) groups excluding carboxylic acids is 2. The molecule has 23 heavy (non-hydrogen) atoms. The first-order chi connectivity index (χ1) is 11.0. The summed E-state index contributed by atoms with van der Waals surface area (Å²) >= 11 is 0. The molecule has 2 bridgehead atoms. The van der Waals surface area contributed by atoms with Gasteiger partial charge in [-0.25, -0.2) is 0 Å². The minimum Gasteiger partial charge on any atom is -0.456 e. The number of aromatic nitrogens is 1. The third-order valence-electron chi connectivity index (χ3n) is 5.06. The Bertz CT molecular complexity index is 581. The largest absolute Gasteiger partial charge is 0.456 e. The van der Waals surface area contributed by atoms with Crippen molar-refractivity contribution in [2.75, 3.05) is 11.9 Å². The van der Waals surface area contributed by atoms with Crippen molar-refractivity contribution < 1.29 is 18.8 Å². The Balaban J connectivity index is 1.39. The number of amides is 1. The van der Waals surface area contributed by atoms with E-state index in [-0.39, 0.29) is 24.4 Å². The van der Waals surface area contributed by atoms with E-state index in [1.165, 1.54) is 19.3 Å². The van der Waals surface area contributed by atoms with Crippen LogP contribution in [0.3, 0.4) is 0 Å². The fourth-order valence-electron chi connectivity index (χ4n) is 3.84. The van der Waals surface area contributed by atoms with Crippen LogP contribution in [-0.4, -0.2) is 23.6 Å². The quantitative estimate of drug-likeness (QED) is 0.814. The van der Waals surface area contributed by atoms with Crippen LogP contribution in [0.4, 0.5) is 5.88 Å². The lowest BCUT2D eigenvalue weighted by molar-refractivity contribution is -0.148. The van der Waals surface area contributed by atoms with Gasteiger partial charge in [-0.3, -0.25) is 14.9 Å². The van der Waals surface area contributed by atoms with Gasteiger partial charge in [-0.15, -0.1) is 0 Å². The maximum absolute atomic E-state index is 11.9. The molecule has 1 heterocycles. The van der Waals surface area contributed by atoms with Gasteiger partial charge in [0.25, 0.3) is 5.91 Å². The van der Waals surface area contributed by atoms with Crippen LogP contribution in [0.5, 0.6) is 0 Å². The van der Waals surface area contributed by atoms with Gasteiger partial charge in [0, 0.05) is 12.5 Å². The molecule has 0 aromatic carbocycles. The van der Waals surface area contributed by atoms with Crippen LogP contribution in [-0.2, 0) is 14.3 Å². The molecule has 0 spiro atoms. The van der Waals surface area contributed by atoms with Crippen molar-refractivity contribution >= 4 is 17.8 Å². The first-order valence-corrected chi connectivity index (χ1v) is 8.43. The standard InChI is InChI=1S/C17H24N2O4/c1-10(2)14-8-16(23-19-14)18-15(20)9-22-17(21)7-13-6-11-3-4-12(13)5-11/h8,10-13H,3-7,9H2,1-2H3,(H,18,20)/t11-,12-,13-/m0/s1. The molecule has 0 saturated heterocycles. The van der Waals surface area contributed by atoms with Gasteiger partial charge in [0.2, 0.25) is 5.88 Å². The highest BCUT2D eigenvalue weighted by Gasteiger charge is 2.40. The summed E-state index contributed by atoms with van der Waals surface area (Å²) in [4.78, 5) is 23.7. The Hall–Kier alpha value is -1.85. The first kappa shape index (κ1) is 16.0. The van der Waals surface area contributed by atoms with Gasteiger partial charge in [0.15, 0.2) is 6.61 Å². The number of rotatable bonds is 6. The maximum Gasteiger partial charge on any atom is 0.306 e. The highest BCUT2D eigenvalue weighted by atomic mass is 16.5. The Morgan fingerprint density at radius 1 is 1.39 bits per heavy atom. The van der Waals surface area contributed by atoms with Gasteiger partial charge in [0.05, 0.1) is 5.69 Å². The average molecular weight is 320 g/mol. The van der Waals surface area contributed by atoms with Gasteiger partial charge in [0.1, 0.15) is 0 Å². The van der Waals surface area contributed by atoms with E-state index in [2.05, 4.69) is 10.5 Å². The predicted molar refractivity (Wildman–Crippen MR) is 83.7 cm³/mol. The van der Waals surface area contributed by atoms with E-state index in [0.717, 1.165) is 18.0 Å². The highest BCUT2D eigenvalue weighted by molar-refractivity contribution is 5.91. The summed E-state index contributed by atoms with van der Waals surface area (Å²) in [6.45, 7) is 3.69. The monoisotopic (exact) mass is 320 g/mol. The van der Waals surface area contributed by atoms with Crippen molar-refractivity contribution in [1.29, 1.82) is 0 Å². The van der Waals surface area contributed by atoms with Crippen LogP contribution in [0.1, 0.15) is 57.6 Å². The van der Waals surface area contributed by atoms with E-state index in [1.54, 1.807) is 6.07 Å². The van der Waals surface area contributed by atoms with E-state index < -0.39 is 5.91 Å². The molecule has 2 fully saturated rings. The minimum atomic E-state index is -0.405. The molecule has 126 valence electrons. The maximum atomic E-state index is 11.9. The summed E-state index contributed by atoms with van der Waals surface area (Å²) in [5.74, 6) is 1.77. The second-order valence-electron chi connectivity index (χ2n) is 7.12. The van der Waals surface area contributed by atoms with Crippen LogP contribution in [0.2, 0.25) is 0 Å². The third kappa shape index (κ3) is 3.92. The number of ether oxygens (including phenoxy) is 1. The molecule has 1 aromatic heterocycles. The number of nitrogens with one attached hydrogen (secondary N) is 1. The van der Waals surface area contributed by atoms with Crippen molar-refractivity contribution in [1.82, 2.24) is 5.16 Å². The van der Waals surface area contributed by atoms with Crippen LogP contribution >= 0.6 is 0 Å². The van der Waals surface area contributed by atoms with Crippen molar-refractivity contribution in [2.45, 2.75) is 51.9 Å². The molecule has 6 nitrogen and oxygen atoms in total. The first-order valence-electron chi connectivity index (χ1n) is 8.43. The number of carbonyl (C=O) groups is 2. The van der Waals surface area contributed by atoms with Gasteiger partial charge in [-0.05, 0) is 42.9 Å². The Morgan fingerprint density at radius 3 is 2.83 bits per heavy atom. The second-order valence-corrected chi connectivity index (χ2v) is 7.12. The highest BCUT2D eigenvalue weighted by Crippen LogP contribution is 2.49. The molecular weight excluding hydrogens is 296 g/mol. The number of hydrogen-bond donors (Lipinski definition) is 1. The fourth-order valence-corrected chi connectivity index (χ4v) is 3.84. The van der Waals surface area contributed by atoms with E-state index in [0.29, 0.717) is 18.3 Å². The molecule has 3 atom stereocenters.